The molecule has 3 aliphatic carbocycles. The molecule has 4 atom stereocenters. The maximum Gasteiger partial charge on any atom is 0.301 e. The first-order chi connectivity index (χ1) is 22.3. The fraction of sp³-hybridized carbons (Fsp3) is 0.333. The first-order valence-electron chi connectivity index (χ1n) is 14.9. The number of nitro groups is 2. The zero-order chi connectivity index (χ0) is 34.1. The van der Waals surface area contributed by atoms with E-state index in [1.54, 1.807) is 25.1 Å². The van der Waals surface area contributed by atoms with Crippen LogP contribution in [-0.2, 0) is 19.2 Å². The third kappa shape index (κ3) is 4.78. The molecule has 0 radical (unpaired) electrons. The Morgan fingerprint density at radius 1 is 1.00 bits per heavy atom. The smallest absolute Gasteiger partial charge is 0.301 e. The molecule has 2 aromatic carbocycles. The number of aromatic hydroxyl groups is 1. The van der Waals surface area contributed by atoms with E-state index in [9.17, 15) is 44.5 Å². The highest BCUT2D eigenvalue weighted by atomic mass is 16.6. The number of carbonyl (C=O) groups is 4. The maximum atomic E-state index is 14.3. The predicted octanol–water partition coefficient (Wildman–Crippen LogP) is 4.31. The molecule has 14 nitrogen and oxygen atoms in total. The molecule has 4 aliphatic rings. The summed E-state index contributed by atoms with van der Waals surface area (Å²) in [6.07, 6.45) is 3.17. The maximum absolute atomic E-state index is 14.3. The molecule has 47 heavy (non-hydrogen) atoms. The number of phenolic OH excluding ortho intramolecular Hbond substituents is 1. The molecule has 6 rings (SSSR count). The average Bonchev–Trinajstić information content (AvgIpc) is 3.28. The lowest BCUT2D eigenvalue weighted by molar-refractivity contribution is -0.392. The van der Waals surface area contributed by atoms with Crippen molar-refractivity contribution in [3.05, 3.63) is 90.6 Å². The number of Topliss-reactive ketones (excluding diaryl/α,β-unsaturated/α-hetero) is 1. The van der Waals surface area contributed by atoms with Crippen molar-refractivity contribution in [2.75, 3.05) is 30.5 Å². The third-order valence-electron chi connectivity index (χ3n) is 9.33. The number of ketones is 2. The lowest BCUT2D eigenvalue weighted by Crippen LogP contribution is -2.39. The highest BCUT2D eigenvalue weighted by molar-refractivity contribution is 6.25. The van der Waals surface area contributed by atoms with Gasteiger partial charge in [0, 0.05) is 48.9 Å². The molecule has 0 saturated carbocycles. The van der Waals surface area contributed by atoms with Crippen molar-refractivity contribution in [2.24, 2.45) is 17.8 Å². The van der Waals surface area contributed by atoms with Crippen LogP contribution in [0.5, 0.6) is 11.5 Å². The Morgan fingerprint density at radius 3 is 2.26 bits per heavy atom. The molecule has 2 aromatic rings. The molecule has 1 saturated heterocycles. The number of phenols is 1. The van der Waals surface area contributed by atoms with Gasteiger partial charge in [0.25, 0.3) is 0 Å². The molecule has 4 unspecified atom stereocenters. The third-order valence-corrected chi connectivity index (χ3v) is 9.33. The number of nitrogens with zero attached hydrogens (tertiary/aromatic N) is 4. The largest absolute Gasteiger partial charge is 0.504 e. The number of imide groups is 1. The van der Waals surface area contributed by atoms with Gasteiger partial charge in [0.2, 0.25) is 11.8 Å². The SMILES string of the molecule is CCOc1cc(C2C3=CCC4C(=O)N(c5cc([N+](=O)[O-])c(N(C)C)c([N+](=O)[O-])c5)C(=O)C4C3CC3=C2C(=O)C=C(C)C3=O)ccc1O. The van der Waals surface area contributed by atoms with Gasteiger partial charge in [0.15, 0.2) is 28.8 Å². The van der Waals surface area contributed by atoms with Gasteiger partial charge < -0.3 is 14.7 Å². The second kappa shape index (κ2) is 11.3. The van der Waals surface area contributed by atoms with Crippen LogP contribution in [0.3, 0.4) is 0 Å². The summed E-state index contributed by atoms with van der Waals surface area (Å²) in [7, 11) is 2.82. The molecule has 0 spiro atoms. The number of anilines is 2. The van der Waals surface area contributed by atoms with E-state index >= 15 is 0 Å². The zero-order valence-electron chi connectivity index (χ0n) is 25.9. The van der Waals surface area contributed by atoms with Crippen LogP contribution in [0.15, 0.2) is 64.8 Å². The Labute approximate surface area is 267 Å². The van der Waals surface area contributed by atoms with Crippen LogP contribution in [0, 0.1) is 38.0 Å². The van der Waals surface area contributed by atoms with Crippen LogP contribution in [0.4, 0.5) is 22.7 Å². The van der Waals surface area contributed by atoms with Crippen molar-refractivity contribution >= 4 is 46.1 Å². The lowest BCUT2D eigenvalue weighted by Gasteiger charge is -2.42. The van der Waals surface area contributed by atoms with E-state index in [0.29, 0.717) is 11.1 Å². The van der Waals surface area contributed by atoms with E-state index in [2.05, 4.69) is 0 Å². The number of ether oxygens (including phenoxy) is 1. The molecule has 2 amide bonds. The van der Waals surface area contributed by atoms with Crippen molar-refractivity contribution in [3.63, 3.8) is 0 Å². The molecule has 242 valence electrons. The number of fused-ring (bicyclic) bond motifs is 3. The average molecular weight is 643 g/mol. The van der Waals surface area contributed by atoms with Gasteiger partial charge in [-0.15, -0.1) is 0 Å². The van der Waals surface area contributed by atoms with Gasteiger partial charge in [-0.05, 0) is 56.4 Å². The Hall–Kier alpha value is -5.66. The molecule has 0 bridgehead atoms. The minimum atomic E-state index is -1.01. The molecule has 1 aliphatic heterocycles. The summed E-state index contributed by atoms with van der Waals surface area (Å²) in [5.41, 5.74) is 0.0421. The van der Waals surface area contributed by atoms with Crippen molar-refractivity contribution in [3.8, 4) is 11.5 Å². The standard InChI is InChI=1S/C33H30N4O10/c1-5-47-26-11-16(6-9-24(26)38)27-18-7-8-19-28(20(18)14-21-29(27)25(39)10-15(2)31(21)40)33(42)35(32(19)41)17-12-22(36(43)44)30(34(3)4)23(13-17)37(45)46/h6-7,9-13,19-20,27-28,38H,5,8,14H2,1-4H3. The van der Waals surface area contributed by atoms with Gasteiger partial charge in [0.05, 0.1) is 34.0 Å². The van der Waals surface area contributed by atoms with E-state index < -0.39 is 56.7 Å². The van der Waals surface area contributed by atoms with Crippen LogP contribution in [-0.4, -0.2) is 59.0 Å². The Morgan fingerprint density at radius 2 is 1.66 bits per heavy atom. The molecule has 14 heteroatoms. The van der Waals surface area contributed by atoms with E-state index in [4.69, 9.17) is 4.74 Å². The second-order valence-electron chi connectivity index (χ2n) is 12.1. The molecule has 0 aromatic heterocycles. The predicted molar refractivity (Wildman–Crippen MR) is 167 cm³/mol. The molecule has 1 fully saturated rings. The molecular weight excluding hydrogens is 612 g/mol. The van der Waals surface area contributed by atoms with Gasteiger partial charge in [0.1, 0.15) is 0 Å². The minimum absolute atomic E-state index is 0.00227. The van der Waals surface area contributed by atoms with Crippen molar-refractivity contribution in [1.29, 1.82) is 0 Å². The monoisotopic (exact) mass is 642 g/mol. The van der Waals surface area contributed by atoms with E-state index in [1.165, 1.54) is 38.1 Å². The molecule has 1 heterocycles. The second-order valence-corrected chi connectivity index (χ2v) is 12.1. The van der Waals surface area contributed by atoms with Crippen molar-refractivity contribution in [1.82, 2.24) is 0 Å². The van der Waals surface area contributed by atoms with E-state index in [0.717, 1.165) is 17.0 Å². The van der Waals surface area contributed by atoms with Crippen molar-refractivity contribution in [2.45, 2.75) is 32.6 Å². The number of allylic oxidation sites excluding steroid dienone is 6. The summed E-state index contributed by atoms with van der Waals surface area (Å²) in [5, 5.41) is 34.4. The number of amides is 2. The van der Waals surface area contributed by atoms with Gasteiger partial charge >= 0.3 is 11.4 Å². The normalized spacial score (nSPS) is 23.5. The summed E-state index contributed by atoms with van der Waals surface area (Å²) in [4.78, 5) is 79.6. The summed E-state index contributed by atoms with van der Waals surface area (Å²) in [6, 6.07) is 6.60. The first-order valence-corrected chi connectivity index (χ1v) is 14.9. The number of benzene rings is 2. The van der Waals surface area contributed by atoms with Crippen LogP contribution < -0.4 is 14.5 Å². The number of nitro benzene ring substituents is 2. The highest BCUT2D eigenvalue weighted by Crippen LogP contribution is 2.56. The zero-order valence-corrected chi connectivity index (χ0v) is 25.9. The number of hydrogen-bond acceptors (Lipinski definition) is 11. The first kappa shape index (κ1) is 31.3. The van der Waals surface area contributed by atoms with Crippen LogP contribution in [0.2, 0.25) is 0 Å². The Kier molecular flexibility index (Phi) is 7.53. The molecule has 1 N–H and O–H groups in total. The fourth-order valence-corrected chi connectivity index (χ4v) is 7.45. The fourth-order valence-electron chi connectivity index (χ4n) is 7.45. The molecular formula is C33H30N4O10. The topological polar surface area (TPSA) is 190 Å². The summed E-state index contributed by atoms with van der Waals surface area (Å²) in [6.45, 7) is 3.53. The van der Waals surface area contributed by atoms with Gasteiger partial charge in [-0.3, -0.25) is 39.4 Å². The van der Waals surface area contributed by atoms with Crippen LogP contribution in [0.25, 0.3) is 0 Å². The number of rotatable bonds is 7. The Balaban J connectivity index is 1.49. The van der Waals surface area contributed by atoms with Crippen molar-refractivity contribution < 1.29 is 38.9 Å². The van der Waals surface area contributed by atoms with Gasteiger partial charge in [-0.25, -0.2) is 4.90 Å². The Bertz CT molecular complexity index is 1890. The number of hydrogen-bond donors (Lipinski definition) is 1. The number of carbonyl (C=O) groups excluding carboxylic acids is 4. The van der Waals surface area contributed by atoms with Gasteiger partial charge in [-0.2, -0.15) is 0 Å². The summed E-state index contributed by atoms with van der Waals surface area (Å²) < 4.78 is 5.59. The minimum Gasteiger partial charge on any atom is -0.504 e. The summed E-state index contributed by atoms with van der Waals surface area (Å²) in [5.74, 6) is -5.45. The van der Waals surface area contributed by atoms with Gasteiger partial charge in [-0.1, -0.05) is 17.7 Å². The highest BCUT2D eigenvalue weighted by Gasteiger charge is 2.57. The quantitative estimate of drug-likeness (QED) is 0.149. The van der Waals surface area contributed by atoms with E-state index in [1.807, 2.05) is 0 Å². The van der Waals surface area contributed by atoms with Crippen LogP contribution >= 0.6 is 0 Å². The van der Waals surface area contributed by atoms with E-state index in [-0.39, 0.29) is 70.6 Å². The lowest BCUT2D eigenvalue weighted by atomic mass is 9.59. The summed E-state index contributed by atoms with van der Waals surface area (Å²) >= 11 is 0. The van der Waals surface area contributed by atoms with Crippen LogP contribution in [0.1, 0.15) is 38.2 Å².